The molecular weight excluding hydrogens is 238 g/mol. The zero-order valence-electron chi connectivity index (χ0n) is 10.2. The molecule has 0 fully saturated rings. The number of rotatable bonds is 8. The van der Waals surface area contributed by atoms with Crippen LogP contribution in [0.1, 0.15) is 25.0 Å². The Morgan fingerprint density at radius 3 is 2.65 bits per heavy atom. The van der Waals surface area contributed by atoms with E-state index >= 15 is 0 Å². The highest BCUT2D eigenvalue weighted by Gasteiger charge is 2.12. The van der Waals surface area contributed by atoms with Gasteiger partial charge in [-0.1, -0.05) is 36.7 Å². The molecule has 2 N–H and O–H groups in total. The van der Waals surface area contributed by atoms with Crippen molar-refractivity contribution in [3.63, 3.8) is 0 Å². The smallest absolute Gasteiger partial charge is 0.0962 e. The maximum absolute atomic E-state index is 6.09. The van der Waals surface area contributed by atoms with Gasteiger partial charge in [-0.2, -0.15) is 0 Å². The molecule has 1 atom stereocenters. The van der Waals surface area contributed by atoms with E-state index in [0.717, 1.165) is 18.6 Å². The van der Waals surface area contributed by atoms with E-state index in [1.807, 2.05) is 24.3 Å². The van der Waals surface area contributed by atoms with Crippen LogP contribution in [0.5, 0.6) is 0 Å². The molecule has 1 aromatic carbocycles. The molecule has 0 saturated carbocycles. The molecule has 0 aliphatic rings. The Morgan fingerprint density at radius 1 is 1.24 bits per heavy atom. The zero-order chi connectivity index (χ0) is 12.5. The van der Waals surface area contributed by atoms with Crippen molar-refractivity contribution < 1.29 is 9.47 Å². The highest BCUT2D eigenvalue weighted by Crippen LogP contribution is 2.24. The van der Waals surface area contributed by atoms with Gasteiger partial charge in [0.2, 0.25) is 0 Å². The molecule has 1 rings (SSSR count). The van der Waals surface area contributed by atoms with Gasteiger partial charge >= 0.3 is 0 Å². The van der Waals surface area contributed by atoms with Crippen molar-refractivity contribution in [3.05, 3.63) is 34.9 Å². The first-order valence-electron chi connectivity index (χ1n) is 5.93. The predicted molar refractivity (Wildman–Crippen MR) is 70.3 cm³/mol. The zero-order valence-corrected chi connectivity index (χ0v) is 11.0. The molecule has 4 heteroatoms. The van der Waals surface area contributed by atoms with Gasteiger partial charge in [-0.15, -0.1) is 0 Å². The molecular formula is C13H20ClNO2. The lowest BCUT2D eigenvalue weighted by molar-refractivity contribution is 0.00770. The van der Waals surface area contributed by atoms with Gasteiger partial charge in [0, 0.05) is 23.7 Å². The summed E-state index contributed by atoms with van der Waals surface area (Å²) in [7, 11) is 0. The lowest BCUT2D eigenvalue weighted by Gasteiger charge is -2.17. The normalized spacial score (nSPS) is 12.6. The molecule has 3 nitrogen and oxygen atoms in total. The summed E-state index contributed by atoms with van der Waals surface area (Å²) in [6, 6.07) is 7.60. The Balaban J connectivity index is 2.41. The highest BCUT2D eigenvalue weighted by atomic mass is 35.5. The average Bonchev–Trinajstić information content (AvgIpc) is 2.35. The Morgan fingerprint density at radius 2 is 2.00 bits per heavy atom. The number of nitrogens with two attached hydrogens (primary N) is 1. The fourth-order valence-corrected chi connectivity index (χ4v) is 1.77. The van der Waals surface area contributed by atoms with Crippen molar-refractivity contribution in [2.24, 2.45) is 5.73 Å². The second kappa shape index (κ2) is 8.48. The van der Waals surface area contributed by atoms with Crippen molar-refractivity contribution >= 4 is 11.6 Å². The number of hydrogen-bond donors (Lipinski definition) is 1. The van der Waals surface area contributed by atoms with Crippen LogP contribution >= 0.6 is 11.6 Å². The van der Waals surface area contributed by atoms with Gasteiger partial charge in [0.25, 0.3) is 0 Å². The molecule has 1 aromatic rings. The summed E-state index contributed by atoms with van der Waals surface area (Å²) in [5, 5.41) is 0.692. The minimum Gasteiger partial charge on any atom is -0.379 e. The van der Waals surface area contributed by atoms with Crippen LogP contribution in [0.25, 0.3) is 0 Å². The van der Waals surface area contributed by atoms with E-state index in [1.54, 1.807) is 0 Å². The Labute approximate surface area is 108 Å². The third-order valence-electron chi connectivity index (χ3n) is 2.36. The van der Waals surface area contributed by atoms with E-state index < -0.39 is 0 Å². The van der Waals surface area contributed by atoms with Crippen LogP contribution in [-0.2, 0) is 9.47 Å². The quantitative estimate of drug-likeness (QED) is 0.729. The first-order valence-corrected chi connectivity index (χ1v) is 6.31. The summed E-state index contributed by atoms with van der Waals surface area (Å²) in [5.41, 5.74) is 6.63. The second-order valence-corrected chi connectivity index (χ2v) is 4.14. The first kappa shape index (κ1) is 14.5. The molecule has 96 valence electrons. The van der Waals surface area contributed by atoms with Crippen LogP contribution in [0.15, 0.2) is 24.3 Å². The van der Waals surface area contributed by atoms with Crippen LogP contribution in [-0.4, -0.2) is 26.4 Å². The first-order chi connectivity index (χ1) is 8.29. The van der Waals surface area contributed by atoms with E-state index in [-0.39, 0.29) is 6.10 Å². The monoisotopic (exact) mass is 257 g/mol. The molecule has 0 bridgehead atoms. The maximum Gasteiger partial charge on any atom is 0.0962 e. The highest BCUT2D eigenvalue weighted by molar-refractivity contribution is 6.31. The Kier molecular flexibility index (Phi) is 7.21. The van der Waals surface area contributed by atoms with E-state index in [4.69, 9.17) is 26.8 Å². The lowest BCUT2D eigenvalue weighted by Crippen LogP contribution is -2.18. The maximum atomic E-state index is 6.09. The van der Waals surface area contributed by atoms with Crippen molar-refractivity contribution in [1.82, 2.24) is 0 Å². The van der Waals surface area contributed by atoms with Crippen molar-refractivity contribution in [1.29, 1.82) is 0 Å². The van der Waals surface area contributed by atoms with Gasteiger partial charge in [0.15, 0.2) is 0 Å². The van der Waals surface area contributed by atoms with E-state index in [0.29, 0.717) is 24.8 Å². The van der Waals surface area contributed by atoms with Gasteiger partial charge in [0.1, 0.15) is 0 Å². The minimum atomic E-state index is -0.158. The van der Waals surface area contributed by atoms with E-state index in [2.05, 4.69) is 6.92 Å². The fraction of sp³-hybridized carbons (Fsp3) is 0.538. The summed E-state index contributed by atoms with van der Waals surface area (Å²) in [5.74, 6) is 0. The van der Waals surface area contributed by atoms with Gasteiger partial charge in [-0.3, -0.25) is 0 Å². The molecule has 0 spiro atoms. The summed E-state index contributed by atoms with van der Waals surface area (Å²) in [4.78, 5) is 0. The lowest BCUT2D eigenvalue weighted by atomic mass is 10.1. The molecule has 1 unspecified atom stereocenters. The van der Waals surface area contributed by atoms with Crippen LogP contribution in [0.4, 0.5) is 0 Å². The molecule has 0 aliphatic carbocycles. The molecule has 0 amide bonds. The molecule has 0 radical (unpaired) electrons. The SMILES string of the molecule is CCCOCCOC(CN)c1ccccc1Cl. The van der Waals surface area contributed by atoms with Gasteiger partial charge in [-0.25, -0.2) is 0 Å². The number of benzene rings is 1. The number of ether oxygens (including phenoxy) is 2. The summed E-state index contributed by atoms with van der Waals surface area (Å²) < 4.78 is 11.0. The van der Waals surface area contributed by atoms with Gasteiger partial charge < -0.3 is 15.2 Å². The van der Waals surface area contributed by atoms with Crippen molar-refractivity contribution in [2.75, 3.05) is 26.4 Å². The van der Waals surface area contributed by atoms with Gasteiger partial charge in [-0.05, 0) is 12.5 Å². The summed E-state index contributed by atoms with van der Waals surface area (Å²) in [6.07, 6.45) is 0.860. The summed E-state index contributed by atoms with van der Waals surface area (Å²) >= 11 is 6.09. The topological polar surface area (TPSA) is 44.5 Å². The van der Waals surface area contributed by atoms with Crippen molar-refractivity contribution in [3.8, 4) is 0 Å². The predicted octanol–water partition coefficient (Wildman–Crippen LogP) is 2.78. The number of halogens is 1. The van der Waals surface area contributed by atoms with Gasteiger partial charge in [0.05, 0.1) is 19.3 Å². The molecule has 17 heavy (non-hydrogen) atoms. The van der Waals surface area contributed by atoms with Crippen molar-refractivity contribution in [2.45, 2.75) is 19.4 Å². The van der Waals surface area contributed by atoms with Crippen LogP contribution in [0.2, 0.25) is 5.02 Å². The van der Waals surface area contributed by atoms with Crippen LogP contribution < -0.4 is 5.73 Å². The van der Waals surface area contributed by atoms with E-state index in [9.17, 15) is 0 Å². The Bertz CT molecular complexity index is 320. The number of hydrogen-bond acceptors (Lipinski definition) is 3. The standard InChI is InChI=1S/C13H20ClNO2/c1-2-7-16-8-9-17-13(10-15)11-5-3-4-6-12(11)14/h3-6,13H,2,7-10,15H2,1H3. The molecule has 0 heterocycles. The third kappa shape index (κ3) is 5.04. The van der Waals surface area contributed by atoms with E-state index in [1.165, 1.54) is 0 Å². The molecule has 0 aromatic heterocycles. The molecule has 0 saturated heterocycles. The van der Waals surface area contributed by atoms with Crippen LogP contribution in [0.3, 0.4) is 0 Å². The minimum absolute atomic E-state index is 0.158. The molecule has 0 aliphatic heterocycles. The summed E-state index contributed by atoms with van der Waals surface area (Å²) in [6.45, 7) is 4.38. The fourth-order valence-electron chi connectivity index (χ4n) is 1.52. The Hall–Kier alpha value is -0.610. The van der Waals surface area contributed by atoms with Crippen LogP contribution in [0, 0.1) is 0 Å². The average molecular weight is 258 g/mol. The second-order valence-electron chi connectivity index (χ2n) is 3.73. The largest absolute Gasteiger partial charge is 0.379 e. The third-order valence-corrected chi connectivity index (χ3v) is 2.71.